The number of hydrogen-bond acceptors (Lipinski definition) is 5. The summed E-state index contributed by atoms with van der Waals surface area (Å²) in [6.07, 6.45) is 2.59. The maximum Gasteiger partial charge on any atom is 0.337 e. The highest BCUT2D eigenvalue weighted by Crippen LogP contribution is 2.31. The van der Waals surface area contributed by atoms with Gasteiger partial charge in [0.25, 0.3) is 0 Å². The Hall–Kier alpha value is -2.04. The largest absolute Gasteiger partial charge is 0.493 e. The van der Waals surface area contributed by atoms with Crippen molar-refractivity contribution in [1.29, 1.82) is 0 Å². The summed E-state index contributed by atoms with van der Waals surface area (Å²) >= 11 is 0. The molecule has 0 aliphatic heterocycles. The predicted molar refractivity (Wildman–Crippen MR) is 72.2 cm³/mol. The number of Topliss-reactive ketones (excluding diaryl/α,β-unsaturated/α-hetero) is 1. The zero-order chi connectivity index (χ0) is 14.5. The van der Waals surface area contributed by atoms with Crippen molar-refractivity contribution in [3.63, 3.8) is 0 Å². The van der Waals surface area contributed by atoms with Gasteiger partial charge in [0.2, 0.25) is 0 Å². The fraction of sp³-hybridized carbons (Fsp3) is 0.467. The van der Waals surface area contributed by atoms with E-state index in [1.54, 1.807) is 18.2 Å². The number of ether oxygens (including phenoxy) is 3. The Balaban J connectivity index is 2.11. The van der Waals surface area contributed by atoms with E-state index in [0.29, 0.717) is 29.9 Å². The van der Waals surface area contributed by atoms with E-state index in [2.05, 4.69) is 4.74 Å². The second-order valence-corrected chi connectivity index (χ2v) is 4.71. The topological polar surface area (TPSA) is 61.8 Å². The molecule has 1 fully saturated rings. The highest BCUT2D eigenvalue weighted by molar-refractivity contribution is 5.90. The fourth-order valence-electron chi connectivity index (χ4n) is 2.22. The lowest BCUT2D eigenvalue weighted by Gasteiger charge is -2.23. The molecular formula is C15H18O5. The minimum atomic E-state index is -0.418. The lowest BCUT2D eigenvalue weighted by molar-refractivity contribution is -0.121. The van der Waals surface area contributed by atoms with Crippen molar-refractivity contribution < 1.29 is 23.8 Å². The third kappa shape index (κ3) is 3.29. The SMILES string of the molecule is COC(=O)c1ccc(OC2CCC(=O)CC2)c(OC)c1. The summed E-state index contributed by atoms with van der Waals surface area (Å²) in [5.74, 6) is 0.945. The van der Waals surface area contributed by atoms with Crippen molar-refractivity contribution in [3.8, 4) is 11.5 Å². The normalized spacial score (nSPS) is 15.8. The van der Waals surface area contributed by atoms with Gasteiger partial charge in [-0.05, 0) is 31.0 Å². The van der Waals surface area contributed by atoms with Gasteiger partial charge in [-0.15, -0.1) is 0 Å². The lowest BCUT2D eigenvalue weighted by atomic mass is 9.96. The van der Waals surface area contributed by atoms with E-state index in [4.69, 9.17) is 9.47 Å². The number of carbonyl (C=O) groups excluding carboxylic acids is 2. The Kier molecular flexibility index (Phi) is 4.61. The molecule has 0 atom stereocenters. The summed E-state index contributed by atoms with van der Waals surface area (Å²) in [7, 11) is 2.85. The fourth-order valence-corrected chi connectivity index (χ4v) is 2.22. The molecule has 0 spiro atoms. The number of hydrogen-bond donors (Lipinski definition) is 0. The molecule has 20 heavy (non-hydrogen) atoms. The van der Waals surface area contributed by atoms with Crippen molar-refractivity contribution in [1.82, 2.24) is 0 Å². The molecule has 0 saturated heterocycles. The van der Waals surface area contributed by atoms with E-state index >= 15 is 0 Å². The maximum absolute atomic E-state index is 11.5. The molecule has 108 valence electrons. The number of esters is 1. The van der Waals surface area contributed by atoms with Crippen LogP contribution >= 0.6 is 0 Å². The van der Waals surface area contributed by atoms with Crippen LogP contribution in [0.2, 0.25) is 0 Å². The molecule has 1 aromatic rings. The van der Waals surface area contributed by atoms with Crippen LogP contribution in [0.1, 0.15) is 36.0 Å². The first kappa shape index (κ1) is 14.4. The molecule has 5 nitrogen and oxygen atoms in total. The first-order valence-electron chi connectivity index (χ1n) is 6.58. The van der Waals surface area contributed by atoms with Crippen LogP contribution in [0.4, 0.5) is 0 Å². The number of ketones is 1. The molecule has 2 rings (SSSR count). The van der Waals surface area contributed by atoms with E-state index in [9.17, 15) is 9.59 Å². The molecule has 1 aliphatic rings. The minimum Gasteiger partial charge on any atom is -0.493 e. The smallest absolute Gasteiger partial charge is 0.337 e. The molecule has 0 heterocycles. The predicted octanol–water partition coefficient (Wildman–Crippen LogP) is 2.37. The van der Waals surface area contributed by atoms with Crippen molar-refractivity contribution in [3.05, 3.63) is 23.8 Å². The van der Waals surface area contributed by atoms with Crippen molar-refractivity contribution in [2.24, 2.45) is 0 Å². The van der Waals surface area contributed by atoms with E-state index in [1.165, 1.54) is 14.2 Å². The van der Waals surface area contributed by atoms with Crippen LogP contribution in [0.5, 0.6) is 11.5 Å². The first-order chi connectivity index (χ1) is 9.63. The monoisotopic (exact) mass is 278 g/mol. The number of benzene rings is 1. The Morgan fingerprint density at radius 2 is 1.85 bits per heavy atom. The summed E-state index contributed by atoms with van der Waals surface area (Å²) in [5.41, 5.74) is 0.413. The highest BCUT2D eigenvalue weighted by Gasteiger charge is 2.21. The zero-order valence-electron chi connectivity index (χ0n) is 11.7. The zero-order valence-corrected chi connectivity index (χ0v) is 11.7. The van der Waals surface area contributed by atoms with E-state index in [1.807, 2.05) is 0 Å². The summed E-state index contributed by atoms with van der Waals surface area (Å²) in [5, 5.41) is 0. The van der Waals surface area contributed by atoms with E-state index in [0.717, 1.165) is 12.8 Å². The third-order valence-corrected chi connectivity index (χ3v) is 3.37. The average Bonchev–Trinajstić information content (AvgIpc) is 2.49. The summed E-state index contributed by atoms with van der Waals surface area (Å²) < 4.78 is 15.8. The average molecular weight is 278 g/mol. The van der Waals surface area contributed by atoms with Gasteiger partial charge in [0, 0.05) is 12.8 Å². The highest BCUT2D eigenvalue weighted by atomic mass is 16.5. The first-order valence-corrected chi connectivity index (χ1v) is 6.58. The van der Waals surface area contributed by atoms with Gasteiger partial charge in [-0.3, -0.25) is 4.79 Å². The van der Waals surface area contributed by atoms with Crippen molar-refractivity contribution >= 4 is 11.8 Å². The molecule has 0 aromatic heterocycles. The van der Waals surface area contributed by atoms with Gasteiger partial charge in [0.05, 0.1) is 25.9 Å². The molecule has 1 aliphatic carbocycles. The van der Waals surface area contributed by atoms with E-state index < -0.39 is 5.97 Å². The lowest BCUT2D eigenvalue weighted by Crippen LogP contribution is -2.24. The molecule has 0 radical (unpaired) electrons. The third-order valence-electron chi connectivity index (χ3n) is 3.37. The Labute approximate surface area is 117 Å². The van der Waals surface area contributed by atoms with Gasteiger partial charge in [-0.25, -0.2) is 4.79 Å². The Morgan fingerprint density at radius 3 is 2.45 bits per heavy atom. The molecule has 0 amide bonds. The molecular weight excluding hydrogens is 260 g/mol. The Morgan fingerprint density at radius 1 is 1.15 bits per heavy atom. The quantitative estimate of drug-likeness (QED) is 0.791. The van der Waals surface area contributed by atoms with Crippen LogP contribution in [-0.4, -0.2) is 32.1 Å². The van der Waals surface area contributed by atoms with Crippen LogP contribution in [-0.2, 0) is 9.53 Å². The van der Waals surface area contributed by atoms with Gasteiger partial charge < -0.3 is 14.2 Å². The number of carbonyl (C=O) groups is 2. The van der Waals surface area contributed by atoms with Crippen LogP contribution in [0.15, 0.2) is 18.2 Å². The van der Waals surface area contributed by atoms with Gasteiger partial charge in [-0.2, -0.15) is 0 Å². The minimum absolute atomic E-state index is 0.0191. The Bertz CT molecular complexity index is 499. The second kappa shape index (κ2) is 6.41. The maximum atomic E-state index is 11.5. The van der Waals surface area contributed by atoms with E-state index in [-0.39, 0.29) is 11.9 Å². The molecule has 0 bridgehead atoms. The molecule has 0 N–H and O–H groups in total. The van der Waals surface area contributed by atoms with Gasteiger partial charge in [0.1, 0.15) is 5.78 Å². The van der Waals surface area contributed by atoms with Crippen LogP contribution < -0.4 is 9.47 Å². The second-order valence-electron chi connectivity index (χ2n) is 4.71. The number of methoxy groups -OCH3 is 2. The summed E-state index contributed by atoms with van der Waals surface area (Å²) in [6.45, 7) is 0. The van der Waals surface area contributed by atoms with Gasteiger partial charge in [0.15, 0.2) is 11.5 Å². The standard InChI is InChI=1S/C15H18O5/c1-18-14-9-10(15(17)19-2)3-8-13(14)20-12-6-4-11(16)5-7-12/h3,8-9,12H,4-7H2,1-2H3. The van der Waals surface area contributed by atoms with Gasteiger partial charge >= 0.3 is 5.97 Å². The van der Waals surface area contributed by atoms with Crippen molar-refractivity contribution in [2.45, 2.75) is 31.8 Å². The molecule has 5 heteroatoms. The van der Waals surface area contributed by atoms with Crippen LogP contribution in [0, 0.1) is 0 Å². The van der Waals surface area contributed by atoms with Crippen molar-refractivity contribution in [2.75, 3.05) is 14.2 Å². The van der Waals surface area contributed by atoms with Crippen LogP contribution in [0.3, 0.4) is 0 Å². The molecule has 0 unspecified atom stereocenters. The van der Waals surface area contributed by atoms with Crippen LogP contribution in [0.25, 0.3) is 0 Å². The van der Waals surface area contributed by atoms with Gasteiger partial charge in [-0.1, -0.05) is 0 Å². The summed E-state index contributed by atoms with van der Waals surface area (Å²) in [4.78, 5) is 22.7. The summed E-state index contributed by atoms with van der Waals surface area (Å²) in [6, 6.07) is 4.92. The number of rotatable bonds is 4. The molecule has 1 aromatic carbocycles. The molecule has 1 saturated carbocycles.